The molecule has 0 bridgehead atoms. The first kappa shape index (κ1) is 19.0. The van der Waals surface area contributed by atoms with Crippen molar-refractivity contribution in [2.45, 2.75) is 45.8 Å². The summed E-state index contributed by atoms with van der Waals surface area (Å²) in [5.41, 5.74) is 3.11. The molecule has 0 radical (unpaired) electrons. The van der Waals surface area contributed by atoms with E-state index in [9.17, 15) is 4.79 Å². The zero-order valence-electron chi connectivity index (χ0n) is 16.0. The smallest absolute Gasteiger partial charge is 0.410 e. The molecule has 0 spiro atoms. The van der Waals surface area contributed by atoms with E-state index in [0.29, 0.717) is 6.61 Å². The fourth-order valence-electron chi connectivity index (χ4n) is 3.53. The van der Waals surface area contributed by atoms with E-state index >= 15 is 0 Å². The Labute approximate surface area is 160 Å². The molecule has 1 atom stereocenters. The van der Waals surface area contributed by atoms with Gasteiger partial charge in [0, 0.05) is 30.4 Å². The molecule has 142 valence electrons. The highest BCUT2D eigenvalue weighted by atomic mass is 16.6. The number of ether oxygens (including phenoxy) is 1. The van der Waals surface area contributed by atoms with Gasteiger partial charge in [0.1, 0.15) is 12.3 Å². The molecule has 1 N–H and O–H groups in total. The molecule has 1 aromatic carbocycles. The first-order chi connectivity index (χ1) is 13.3. The summed E-state index contributed by atoms with van der Waals surface area (Å²) in [7, 11) is 0. The molecular weight excluding hydrogens is 338 g/mol. The molecule has 1 saturated heterocycles. The Hall–Kier alpha value is -2.82. The molecule has 2 aromatic heterocycles. The lowest BCUT2D eigenvalue weighted by atomic mass is 10.0. The van der Waals surface area contributed by atoms with E-state index in [2.05, 4.69) is 16.0 Å². The topological polar surface area (TPSA) is 58.2 Å². The van der Waals surface area contributed by atoms with Gasteiger partial charge < -0.3 is 14.6 Å². The first-order valence-corrected chi connectivity index (χ1v) is 9.69. The number of nitrogens with one attached hydrogen (secondary N) is 1. The van der Waals surface area contributed by atoms with Crippen LogP contribution in [0.25, 0.3) is 11.0 Å². The number of likely N-dealkylation sites (tertiary alicyclic amines) is 1. The number of aromatic amines is 1. The van der Waals surface area contributed by atoms with Crippen molar-refractivity contribution in [3.63, 3.8) is 0 Å². The van der Waals surface area contributed by atoms with Crippen LogP contribution >= 0.6 is 0 Å². The van der Waals surface area contributed by atoms with Gasteiger partial charge in [0.2, 0.25) is 0 Å². The highest BCUT2D eigenvalue weighted by molar-refractivity contribution is 5.79. The molecule has 1 amide bonds. The van der Waals surface area contributed by atoms with E-state index in [0.717, 1.165) is 42.4 Å². The quantitative estimate of drug-likeness (QED) is 0.713. The second-order valence-electron chi connectivity index (χ2n) is 6.45. The van der Waals surface area contributed by atoms with E-state index in [1.54, 1.807) is 6.20 Å². The number of carbonyl (C=O) groups is 1. The summed E-state index contributed by atoms with van der Waals surface area (Å²) in [6.07, 6.45) is 6.42. The van der Waals surface area contributed by atoms with Crippen LogP contribution in [0, 0.1) is 0 Å². The third kappa shape index (κ3) is 4.48. The number of H-pyrrole nitrogens is 1. The number of carbonyl (C=O) groups excluding carboxylic acids is 1. The number of amides is 1. The van der Waals surface area contributed by atoms with Gasteiger partial charge in [-0.05, 0) is 42.5 Å². The first-order valence-electron chi connectivity index (χ1n) is 9.69. The van der Waals surface area contributed by atoms with Gasteiger partial charge in [-0.25, -0.2) is 9.78 Å². The summed E-state index contributed by atoms with van der Waals surface area (Å²) in [4.78, 5) is 21.9. The Balaban J connectivity index is 0.00000102. The normalized spacial score (nSPS) is 16.1. The number of hydrogen-bond donors (Lipinski definition) is 1. The van der Waals surface area contributed by atoms with E-state index in [-0.39, 0.29) is 12.1 Å². The minimum atomic E-state index is -0.218. The maximum atomic E-state index is 12.5. The molecule has 5 heteroatoms. The monoisotopic (exact) mass is 365 g/mol. The third-order valence-electron chi connectivity index (χ3n) is 4.81. The number of hydrogen-bond acceptors (Lipinski definition) is 3. The fraction of sp³-hybridized carbons (Fsp3) is 0.364. The van der Waals surface area contributed by atoms with Gasteiger partial charge in [0.15, 0.2) is 0 Å². The lowest BCUT2D eigenvalue weighted by molar-refractivity contribution is 0.0921. The zero-order valence-corrected chi connectivity index (χ0v) is 16.0. The number of aromatic nitrogens is 2. The van der Waals surface area contributed by atoms with Crippen LogP contribution in [0.3, 0.4) is 0 Å². The van der Waals surface area contributed by atoms with Crippen LogP contribution in [-0.2, 0) is 17.8 Å². The molecular formula is C22H27N3O2. The number of nitrogens with zero attached hydrogens (tertiary/aromatic N) is 2. The Bertz CT molecular complexity index is 860. The molecule has 3 aromatic rings. The average molecular weight is 365 g/mol. The maximum absolute atomic E-state index is 12.5. The number of rotatable bonds is 4. The molecule has 1 aliphatic heterocycles. The van der Waals surface area contributed by atoms with Crippen molar-refractivity contribution >= 4 is 17.1 Å². The number of benzene rings is 1. The Morgan fingerprint density at radius 2 is 2.04 bits per heavy atom. The van der Waals surface area contributed by atoms with Crippen molar-refractivity contribution in [1.82, 2.24) is 14.9 Å². The molecule has 4 rings (SSSR count). The molecule has 3 heterocycles. The van der Waals surface area contributed by atoms with Crippen molar-refractivity contribution in [1.29, 1.82) is 0 Å². The largest absolute Gasteiger partial charge is 0.445 e. The van der Waals surface area contributed by atoms with Crippen molar-refractivity contribution in [2.24, 2.45) is 0 Å². The second-order valence-corrected chi connectivity index (χ2v) is 6.45. The van der Waals surface area contributed by atoms with Crippen molar-refractivity contribution in [3.05, 3.63) is 66.0 Å². The van der Waals surface area contributed by atoms with Crippen LogP contribution in [0.2, 0.25) is 0 Å². The molecule has 1 fully saturated rings. The lowest BCUT2D eigenvalue weighted by Crippen LogP contribution is -2.37. The van der Waals surface area contributed by atoms with E-state index in [4.69, 9.17) is 4.74 Å². The van der Waals surface area contributed by atoms with Gasteiger partial charge in [0.25, 0.3) is 0 Å². The summed E-state index contributed by atoms with van der Waals surface area (Å²) in [6.45, 7) is 5.08. The minimum absolute atomic E-state index is 0.183. The second kappa shape index (κ2) is 9.21. The number of fused-ring (bicyclic) bond motifs is 1. The lowest BCUT2D eigenvalue weighted by Gasteiger charge is -2.24. The minimum Gasteiger partial charge on any atom is -0.445 e. The SMILES string of the molecule is CC.O=C(OCc1ccccc1)N1CCCC1Cc1c[nH]c2ncccc12. The van der Waals surface area contributed by atoms with Crippen molar-refractivity contribution < 1.29 is 9.53 Å². The number of pyridine rings is 1. The molecule has 27 heavy (non-hydrogen) atoms. The highest BCUT2D eigenvalue weighted by Crippen LogP contribution is 2.25. The van der Waals surface area contributed by atoms with Crippen LogP contribution in [0.5, 0.6) is 0 Å². The molecule has 1 unspecified atom stereocenters. The molecule has 1 aliphatic rings. The van der Waals surface area contributed by atoms with Gasteiger partial charge in [0.05, 0.1) is 0 Å². The van der Waals surface area contributed by atoms with Gasteiger partial charge in [-0.2, -0.15) is 0 Å². The molecule has 0 saturated carbocycles. The summed E-state index contributed by atoms with van der Waals surface area (Å²) in [5, 5.41) is 1.13. The zero-order chi connectivity index (χ0) is 19.1. The standard InChI is InChI=1S/C20H21N3O2.C2H6/c24-20(25-14-15-6-2-1-3-7-15)23-11-5-8-17(23)12-16-13-22-19-18(16)9-4-10-21-19;1-2/h1-4,6-7,9-10,13,17H,5,8,11-12,14H2,(H,21,22);1-2H3. The van der Waals surface area contributed by atoms with E-state index < -0.39 is 0 Å². The van der Waals surface area contributed by atoms with E-state index in [1.807, 2.05) is 61.3 Å². The van der Waals surface area contributed by atoms with Crippen LogP contribution < -0.4 is 0 Å². The van der Waals surface area contributed by atoms with Crippen molar-refractivity contribution in [3.8, 4) is 0 Å². The Morgan fingerprint density at radius 3 is 2.85 bits per heavy atom. The van der Waals surface area contributed by atoms with Crippen LogP contribution in [0.4, 0.5) is 4.79 Å². The maximum Gasteiger partial charge on any atom is 0.410 e. The predicted octanol–water partition coefficient (Wildman–Crippen LogP) is 4.93. The molecule has 0 aliphatic carbocycles. The summed E-state index contributed by atoms with van der Waals surface area (Å²) < 4.78 is 5.52. The van der Waals surface area contributed by atoms with Crippen LogP contribution in [0.15, 0.2) is 54.9 Å². The molecule has 5 nitrogen and oxygen atoms in total. The Kier molecular flexibility index (Phi) is 6.47. The van der Waals surface area contributed by atoms with Gasteiger partial charge in [-0.3, -0.25) is 0 Å². The summed E-state index contributed by atoms with van der Waals surface area (Å²) in [5.74, 6) is 0. The highest BCUT2D eigenvalue weighted by Gasteiger charge is 2.30. The van der Waals surface area contributed by atoms with Crippen LogP contribution in [-0.4, -0.2) is 33.5 Å². The average Bonchev–Trinajstić information content (AvgIpc) is 3.36. The summed E-state index contributed by atoms with van der Waals surface area (Å²) >= 11 is 0. The van der Waals surface area contributed by atoms with Gasteiger partial charge in [-0.1, -0.05) is 44.2 Å². The predicted molar refractivity (Wildman–Crippen MR) is 108 cm³/mol. The van der Waals surface area contributed by atoms with Gasteiger partial charge >= 0.3 is 6.09 Å². The van der Waals surface area contributed by atoms with E-state index in [1.165, 1.54) is 5.56 Å². The van der Waals surface area contributed by atoms with Gasteiger partial charge in [-0.15, -0.1) is 0 Å². The van der Waals surface area contributed by atoms with Crippen molar-refractivity contribution in [2.75, 3.05) is 6.54 Å². The third-order valence-corrected chi connectivity index (χ3v) is 4.81. The Morgan fingerprint density at radius 1 is 1.22 bits per heavy atom. The fourth-order valence-corrected chi connectivity index (χ4v) is 3.53. The van der Waals surface area contributed by atoms with Crippen LogP contribution in [0.1, 0.15) is 37.8 Å². The summed E-state index contributed by atoms with van der Waals surface area (Å²) in [6, 6.07) is 14.0.